The molecular formula is C17H22N4O. The van der Waals surface area contributed by atoms with E-state index in [0.29, 0.717) is 12.5 Å². The first kappa shape index (κ1) is 14.8. The Balaban J connectivity index is 1.60. The molecule has 3 heterocycles. The molecule has 1 amide bonds. The number of nitrogens with zero attached hydrogens (tertiary/aromatic N) is 4. The minimum Gasteiger partial charge on any atom is -0.339 e. The van der Waals surface area contributed by atoms with Crippen LogP contribution in [-0.4, -0.2) is 38.2 Å². The highest BCUT2D eigenvalue weighted by Gasteiger charge is 2.26. The first-order chi connectivity index (χ1) is 10.8. The maximum Gasteiger partial charge on any atom is 0.227 e. The highest BCUT2D eigenvalue weighted by molar-refractivity contribution is 5.79. The zero-order valence-electron chi connectivity index (χ0n) is 12.8. The lowest BCUT2D eigenvalue weighted by atomic mass is 9.98. The van der Waals surface area contributed by atoms with Crippen LogP contribution in [0.15, 0.2) is 43.0 Å². The predicted molar refractivity (Wildman–Crippen MR) is 84.1 cm³/mol. The van der Waals surface area contributed by atoms with Crippen LogP contribution in [0.4, 0.5) is 0 Å². The Morgan fingerprint density at radius 2 is 2.23 bits per heavy atom. The summed E-state index contributed by atoms with van der Waals surface area (Å²) in [6.45, 7) is 1.75. The standard InChI is InChI=1S/C17H22N4O/c22-17(13-15-5-3-8-18-14-15)21-11-2-1-6-16(21)7-12-20-10-4-9-19-20/h3-5,8-10,14,16H,1-2,6-7,11-13H2/t16-/m0/s1. The monoisotopic (exact) mass is 298 g/mol. The zero-order chi connectivity index (χ0) is 15.2. The van der Waals surface area contributed by atoms with Crippen LogP contribution < -0.4 is 0 Å². The van der Waals surface area contributed by atoms with Crippen molar-refractivity contribution < 1.29 is 4.79 Å². The lowest BCUT2D eigenvalue weighted by molar-refractivity contribution is -0.134. The summed E-state index contributed by atoms with van der Waals surface area (Å²) in [5.74, 6) is 0.221. The first-order valence-corrected chi connectivity index (χ1v) is 7.99. The van der Waals surface area contributed by atoms with Crippen molar-refractivity contribution >= 4 is 5.91 Å². The molecule has 116 valence electrons. The minimum absolute atomic E-state index is 0.221. The molecular weight excluding hydrogens is 276 g/mol. The Hall–Kier alpha value is -2.17. The fraction of sp³-hybridized carbons (Fsp3) is 0.471. The van der Waals surface area contributed by atoms with Gasteiger partial charge < -0.3 is 4.90 Å². The summed E-state index contributed by atoms with van der Waals surface area (Å²) in [7, 11) is 0. The van der Waals surface area contributed by atoms with Gasteiger partial charge in [0.05, 0.1) is 6.42 Å². The maximum atomic E-state index is 12.6. The summed E-state index contributed by atoms with van der Waals surface area (Å²) in [5.41, 5.74) is 0.990. The van der Waals surface area contributed by atoms with Crippen LogP contribution in [0.2, 0.25) is 0 Å². The second-order valence-corrected chi connectivity index (χ2v) is 5.83. The number of aryl methyl sites for hydroxylation is 1. The number of carbonyl (C=O) groups excluding carboxylic acids is 1. The molecule has 0 saturated carbocycles. The number of amides is 1. The van der Waals surface area contributed by atoms with Crippen LogP contribution in [0.1, 0.15) is 31.2 Å². The van der Waals surface area contributed by atoms with Gasteiger partial charge in [0.1, 0.15) is 0 Å². The van der Waals surface area contributed by atoms with Gasteiger partial charge >= 0.3 is 0 Å². The third-order valence-corrected chi connectivity index (χ3v) is 4.28. The number of carbonyl (C=O) groups is 1. The Morgan fingerprint density at radius 3 is 3.00 bits per heavy atom. The normalized spacial score (nSPS) is 18.4. The van der Waals surface area contributed by atoms with Crippen molar-refractivity contribution in [1.29, 1.82) is 0 Å². The topological polar surface area (TPSA) is 51.0 Å². The lowest BCUT2D eigenvalue weighted by Gasteiger charge is -2.36. The molecule has 1 saturated heterocycles. The van der Waals surface area contributed by atoms with Gasteiger partial charge in [-0.1, -0.05) is 6.07 Å². The highest BCUT2D eigenvalue weighted by Crippen LogP contribution is 2.21. The van der Waals surface area contributed by atoms with Crippen molar-refractivity contribution in [1.82, 2.24) is 19.7 Å². The van der Waals surface area contributed by atoms with Crippen molar-refractivity contribution in [3.63, 3.8) is 0 Å². The molecule has 0 radical (unpaired) electrons. The molecule has 0 bridgehead atoms. The summed E-state index contributed by atoms with van der Waals surface area (Å²) in [5, 5.41) is 4.24. The second kappa shape index (κ2) is 7.20. The van der Waals surface area contributed by atoms with E-state index in [4.69, 9.17) is 0 Å². The van der Waals surface area contributed by atoms with E-state index in [1.807, 2.05) is 29.1 Å². The summed E-state index contributed by atoms with van der Waals surface area (Å²) >= 11 is 0. The van der Waals surface area contributed by atoms with Gasteiger partial charge in [0.25, 0.3) is 0 Å². The third kappa shape index (κ3) is 3.72. The van der Waals surface area contributed by atoms with Gasteiger partial charge in [-0.2, -0.15) is 5.10 Å². The van der Waals surface area contributed by atoms with Gasteiger partial charge in [0.2, 0.25) is 5.91 Å². The van der Waals surface area contributed by atoms with E-state index < -0.39 is 0 Å². The van der Waals surface area contributed by atoms with E-state index in [1.165, 1.54) is 6.42 Å². The SMILES string of the molecule is O=C(Cc1cccnc1)N1CCCC[C@H]1CCn1cccn1. The molecule has 0 unspecified atom stereocenters. The van der Waals surface area contributed by atoms with Crippen molar-refractivity contribution in [3.8, 4) is 0 Å². The number of hydrogen-bond acceptors (Lipinski definition) is 3. The van der Waals surface area contributed by atoms with Gasteiger partial charge in [-0.05, 0) is 43.4 Å². The molecule has 22 heavy (non-hydrogen) atoms. The predicted octanol–water partition coefficient (Wildman–Crippen LogP) is 2.29. The fourth-order valence-corrected chi connectivity index (χ4v) is 3.12. The molecule has 1 aliphatic rings. The van der Waals surface area contributed by atoms with E-state index in [0.717, 1.165) is 37.9 Å². The van der Waals surface area contributed by atoms with Crippen LogP contribution in [-0.2, 0) is 17.8 Å². The third-order valence-electron chi connectivity index (χ3n) is 4.28. The minimum atomic E-state index is 0.221. The number of likely N-dealkylation sites (tertiary alicyclic amines) is 1. The number of hydrogen-bond donors (Lipinski definition) is 0. The number of piperidine rings is 1. The van der Waals surface area contributed by atoms with Gasteiger partial charge in [-0.25, -0.2) is 0 Å². The van der Waals surface area contributed by atoms with Gasteiger partial charge in [-0.15, -0.1) is 0 Å². The quantitative estimate of drug-likeness (QED) is 0.851. The summed E-state index contributed by atoms with van der Waals surface area (Å²) in [4.78, 5) is 18.8. The average Bonchev–Trinajstić information content (AvgIpc) is 3.07. The fourth-order valence-electron chi connectivity index (χ4n) is 3.12. The maximum absolute atomic E-state index is 12.6. The zero-order valence-corrected chi connectivity index (χ0v) is 12.8. The molecule has 0 N–H and O–H groups in total. The van der Waals surface area contributed by atoms with Crippen molar-refractivity contribution in [2.45, 2.75) is 44.7 Å². The molecule has 0 aliphatic carbocycles. The largest absolute Gasteiger partial charge is 0.339 e. The molecule has 2 aromatic heterocycles. The van der Waals surface area contributed by atoms with Crippen LogP contribution in [0.5, 0.6) is 0 Å². The average molecular weight is 298 g/mol. The second-order valence-electron chi connectivity index (χ2n) is 5.83. The van der Waals surface area contributed by atoms with Crippen LogP contribution in [0.25, 0.3) is 0 Å². The molecule has 2 aromatic rings. The Morgan fingerprint density at radius 1 is 1.27 bits per heavy atom. The Kier molecular flexibility index (Phi) is 4.83. The summed E-state index contributed by atoms with van der Waals surface area (Å²) in [6, 6.07) is 6.12. The highest BCUT2D eigenvalue weighted by atomic mass is 16.2. The van der Waals surface area contributed by atoms with E-state index in [1.54, 1.807) is 18.6 Å². The number of pyridine rings is 1. The number of aromatic nitrogens is 3. The Labute approximate surface area is 131 Å². The lowest BCUT2D eigenvalue weighted by Crippen LogP contribution is -2.44. The molecule has 1 fully saturated rings. The van der Waals surface area contributed by atoms with Gasteiger partial charge in [-0.3, -0.25) is 14.5 Å². The van der Waals surface area contributed by atoms with Gasteiger partial charge in [0, 0.05) is 43.9 Å². The van der Waals surface area contributed by atoms with Crippen LogP contribution in [0.3, 0.4) is 0 Å². The smallest absolute Gasteiger partial charge is 0.227 e. The first-order valence-electron chi connectivity index (χ1n) is 7.99. The molecule has 5 heteroatoms. The van der Waals surface area contributed by atoms with Crippen molar-refractivity contribution in [3.05, 3.63) is 48.5 Å². The number of rotatable bonds is 5. The van der Waals surface area contributed by atoms with Crippen LogP contribution >= 0.6 is 0 Å². The molecule has 3 rings (SSSR count). The summed E-state index contributed by atoms with van der Waals surface area (Å²) in [6.07, 6.45) is 12.1. The van der Waals surface area contributed by atoms with E-state index in [2.05, 4.69) is 15.0 Å². The van der Waals surface area contributed by atoms with Crippen molar-refractivity contribution in [2.75, 3.05) is 6.54 Å². The van der Waals surface area contributed by atoms with E-state index >= 15 is 0 Å². The molecule has 0 aromatic carbocycles. The Bertz CT molecular complexity index is 582. The van der Waals surface area contributed by atoms with Gasteiger partial charge in [0.15, 0.2) is 0 Å². The summed E-state index contributed by atoms with van der Waals surface area (Å²) < 4.78 is 1.94. The van der Waals surface area contributed by atoms with Crippen molar-refractivity contribution in [2.24, 2.45) is 0 Å². The van der Waals surface area contributed by atoms with E-state index in [-0.39, 0.29) is 5.91 Å². The van der Waals surface area contributed by atoms with E-state index in [9.17, 15) is 4.79 Å². The molecule has 1 atom stereocenters. The van der Waals surface area contributed by atoms with Crippen LogP contribution in [0, 0.1) is 0 Å². The molecule has 1 aliphatic heterocycles. The molecule has 5 nitrogen and oxygen atoms in total. The molecule has 0 spiro atoms.